The quantitative estimate of drug-likeness (QED) is 0.0614. The predicted octanol–water partition coefficient (Wildman–Crippen LogP) is 0.187. The topological polar surface area (TPSA) is 337 Å². The molecule has 0 radical (unpaired) electrons. The summed E-state index contributed by atoms with van der Waals surface area (Å²) in [4.78, 5) is 0. The van der Waals surface area contributed by atoms with Crippen molar-refractivity contribution >= 4 is 10.4 Å². The molecule has 82 heavy (non-hydrogen) atoms. The average molecular weight is 1220 g/mol. The summed E-state index contributed by atoms with van der Waals surface area (Å²) in [6.07, 6.45) is -13.3. The van der Waals surface area contributed by atoms with Gasteiger partial charge in [-0.3, -0.25) is 0 Å². The number of ether oxygens (including phenoxy) is 22. The van der Waals surface area contributed by atoms with E-state index >= 15 is 0 Å². The molecule has 0 amide bonds. The predicted molar refractivity (Wildman–Crippen MR) is 277 cm³/mol. The molecule has 5 saturated heterocycles. The van der Waals surface area contributed by atoms with Gasteiger partial charge in [-0.25, -0.2) is 8.37 Å². The van der Waals surface area contributed by atoms with E-state index in [1.54, 1.807) is 41.5 Å². The minimum atomic E-state index is -4.22. The maximum atomic E-state index is 11.9. The Bertz CT molecular complexity index is 1960. The fraction of sp³-hybridized carbons (Fsp3) is 0.882. The molecular formula is C51H90O30S. The molecular weight excluding hydrogens is 1120 g/mol. The first-order valence-electron chi connectivity index (χ1n) is 26.3. The number of aliphatic hydroxyl groups excluding tert-OH is 4. The molecule has 0 aliphatic carbocycles. The van der Waals surface area contributed by atoms with E-state index in [-0.39, 0.29) is 74.0 Å². The fourth-order valence-electron chi connectivity index (χ4n) is 9.19. The average Bonchev–Trinajstić information content (AvgIpc) is 3.72. The molecule has 6 rings (SSSR count). The first-order valence-corrected chi connectivity index (χ1v) is 27.6. The van der Waals surface area contributed by atoms with E-state index in [1.165, 1.54) is 49.8 Å². The van der Waals surface area contributed by atoms with Gasteiger partial charge in [0.1, 0.15) is 139 Å². The summed E-state index contributed by atoms with van der Waals surface area (Å²) >= 11 is 0. The lowest BCUT2D eigenvalue weighted by Crippen LogP contribution is -2.56. The van der Waals surface area contributed by atoms with Crippen LogP contribution in [0, 0.1) is 0 Å². The number of hydrogen-bond acceptors (Lipinski definition) is 30. The third-order valence-corrected chi connectivity index (χ3v) is 13.3. The SMILES string of the molecule is COCOC[C@@H](OCOC)[C@H]1OC(C)(C)O[C@@H]2COS(=O)(=O)O[C@H]2[C@@H]1OCOC.COCOC[C@@H](OCOC)[C@H]1OC(C)(C)O[C@H](CO)[C@@H](O)[C@@H]1OCOC.COCO[C@@H]1[C@@H]([C@H](O)CO)OC(C)(C)O[C@@H]2COC(c3ccccc3)O[C@@H]12. The Labute approximate surface area is 480 Å². The fourth-order valence-corrected chi connectivity index (χ4v) is 10.0. The van der Waals surface area contributed by atoms with Gasteiger partial charge in [0.05, 0.1) is 39.6 Å². The van der Waals surface area contributed by atoms with Crippen molar-refractivity contribution in [2.75, 3.05) is 137 Å². The van der Waals surface area contributed by atoms with Crippen LogP contribution in [0.5, 0.6) is 0 Å². The van der Waals surface area contributed by atoms with Gasteiger partial charge in [-0.15, -0.1) is 0 Å². The van der Waals surface area contributed by atoms with E-state index < -0.39 is 139 Å². The molecule has 30 nitrogen and oxygen atoms in total. The van der Waals surface area contributed by atoms with Gasteiger partial charge in [-0.2, -0.15) is 8.42 Å². The lowest BCUT2D eigenvalue weighted by Gasteiger charge is -2.40. The molecule has 0 saturated carbocycles. The summed E-state index contributed by atoms with van der Waals surface area (Å²) in [5.74, 6) is -3.27. The largest absolute Gasteiger partial charge is 0.400 e. The Kier molecular flexibility index (Phi) is 32.2. The van der Waals surface area contributed by atoms with E-state index in [4.69, 9.17) is 113 Å². The number of benzene rings is 1. The van der Waals surface area contributed by atoms with Crippen molar-refractivity contribution in [3.05, 3.63) is 35.9 Å². The highest BCUT2D eigenvalue weighted by atomic mass is 32.3. The molecule has 480 valence electrons. The molecule has 5 fully saturated rings. The van der Waals surface area contributed by atoms with Crippen LogP contribution < -0.4 is 0 Å². The highest BCUT2D eigenvalue weighted by molar-refractivity contribution is 7.81. The lowest BCUT2D eigenvalue weighted by atomic mass is 9.98. The van der Waals surface area contributed by atoms with Crippen LogP contribution in [0.2, 0.25) is 0 Å². The Morgan fingerprint density at radius 1 is 0.573 bits per heavy atom. The van der Waals surface area contributed by atoms with Gasteiger partial charge in [0.2, 0.25) is 0 Å². The Morgan fingerprint density at radius 2 is 1.02 bits per heavy atom. The maximum Gasteiger partial charge on any atom is 0.400 e. The van der Waals surface area contributed by atoms with Gasteiger partial charge in [-0.1, -0.05) is 30.3 Å². The van der Waals surface area contributed by atoms with Crippen LogP contribution in [-0.4, -0.2) is 275 Å². The summed E-state index contributed by atoms with van der Waals surface area (Å²) in [5, 5.41) is 40.1. The third kappa shape index (κ3) is 23.0. The van der Waals surface area contributed by atoms with Crippen molar-refractivity contribution in [3.63, 3.8) is 0 Å². The van der Waals surface area contributed by atoms with Gasteiger partial charge in [0.15, 0.2) is 23.7 Å². The molecule has 0 spiro atoms. The van der Waals surface area contributed by atoms with Crippen LogP contribution in [0.3, 0.4) is 0 Å². The van der Waals surface area contributed by atoms with E-state index in [0.717, 1.165) is 5.56 Å². The highest BCUT2D eigenvalue weighted by Gasteiger charge is 2.55. The van der Waals surface area contributed by atoms with E-state index in [0.29, 0.717) is 0 Å². The van der Waals surface area contributed by atoms with E-state index in [1.807, 2.05) is 30.3 Å². The second kappa shape index (κ2) is 36.4. The van der Waals surface area contributed by atoms with Crippen molar-refractivity contribution in [2.45, 2.75) is 157 Å². The standard InChI is InChI=1S/C19H28O8.C16H30O12S.C16H32O10/c1-19(2)26-14-10-23-18(12-7-5-4-6-8-12)25-16(14)17(24-11-22-3)15(27-19)13(21)9-20;1-16(2)26-12-7-25-29(17,18)28-14(12)15(24-10-21-5)13(27-16)11(23-9-20-4)6-22-8-19-3;1-16(2)25-11(6-17)13(18)15(24-10-21-5)14(26-16)12(23-9-20-4)7-22-8-19-3/h4-8,13-18,20-21H,9-11H2,1-3H3;11-15H,6-10H2,1-5H3;11-15,17-18H,6-10H2,1-5H3/t13-,14-,15-,16-,17-,18?;11-,12-,13-,14-,15-;11-,12-,13-,14-,15+/m111/s1. The maximum absolute atomic E-state index is 11.9. The Hall–Kier alpha value is -1.95. The minimum Gasteiger partial charge on any atom is -0.394 e. The van der Waals surface area contributed by atoms with Crippen LogP contribution in [0.1, 0.15) is 53.4 Å². The Balaban J connectivity index is 0.000000265. The number of methoxy groups -OCH3 is 7. The van der Waals surface area contributed by atoms with Gasteiger partial charge in [0.25, 0.3) is 0 Å². The summed E-state index contributed by atoms with van der Waals surface area (Å²) in [6.45, 7) is 9.23. The van der Waals surface area contributed by atoms with Crippen LogP contribution in [-0.2, 0) is 123 Å². The van der Waals surface area contributed by atoms with Gasteiger partial charge >= 0.3 is 10.4 Å². The minimum absolute atomic E-state index is 0.0152. The van der Waals surface area contributed by atoms with E-state index in [2.05, 4.69) is 0 Å². The van der Waals surface area contributed by atoms with Gasteiger partial charge in [0, 0.05) is 55.3 Å². The van der Waals surface area contributed by atoms with Gasteiger partial charge in [-0.05, 0) is 41.5 Å². The van der Waals surface area contributed by atoms with Crippen molar-refractivity contribution in [2.24, 2.45) is 0 Å². The molecule has 1 aromatic carbocycles. The molecule has 4 N–H and O–H groups in total. The molecule has 16 atom stereocenters. The first kappa shape index (κ1) is 72.5. The van der Waals surface area contributed by atoms with Crippen molar-refractivity contribution < 1.29 is 141 Å². The summed E-state index contributed by atoms with van der Waals surface area (Å²) < 4.78 is 156. The Morgan fingerprint density at radius 3 is 1.51 bits per heavy atom. The van der Waals surface area contributed by atoms with E-state index in [9.17, 15) is 28.8 Å². The molecule has 1 aromatic rings. The molecule has 31 heteroatoms. The second-order valence-corrected chi connectivity index (χ2v) is 21.4. The smallest absolute Gasteiger partial charge is 0.394 e. The molecule has 1 unspecified atom stereocenters. The molecule has 5 aliphatic heterocycles. The molecule has 5 heterocycles. The summed E-state index contributed by atoms with van der Waals surface area (Å²) in [5.41, 5.74) is 0.866. The van der Waals surface area contributed by atoms with Crippen molar-refractivity contribution in [1.82, 2.24) is 0 Å². The van der Waals surface area contributed by atoms with Crippen LogP contribution >= 0.6 is 0 Å². The van der Waals surface area contributed by atoms with Crippen molar-refractivity contribution in [1.29, 1.82) is 0 Å². The number of aliphatic hydroxyl groups is 4. The first-order chi connectivity index (χ1) is 39.1. The monoisotopic (exact) mass is 1210 g/mol. The zero-order valence-corrected chi connectivity index (χ0v) is 49.9. The zero-order valence-electron chi connectivity index (χ0n) is 49.1. The highest BCUT2D eigenvalue weighted by Crippen LogP contribution is 2.39. The molecule has 5 aliphatic rings. The van der Waals surface area contributed by atoms with Crippen LogP contribution in [0.4, 0.5) is 0 Å². The normalized spacial score (nSPS) is 32.3. The van der Waals surface area contributed by atoms with Crippen LogP contribution in [0.15, 0.2) is 30.3 Å². The summed E-state index contributed by atoms with van der Waals surface area (Å²) in [6, 6.07) is 9.54. The molecule has 0 aromatic heterocycles. The molecule has 0 bridgehead atoms. The van der Waals surface area contributed by atoms with Crippen LogP contribution in [0.25, 0.3) is 0 Å². The third-order valence-electron chi connectivity index (χ3n) is 12.4. The zero-order chi connectivity index (χ0) is 60.5. The summed E-state index contributed by atoms with van der Waals surface area (Å²) in [7, 11) is 6.13. The second-order valence-electron chi connectivity index (χ2n) is 20.2. The number of hydrogen-bond donors (Lipinski definition) is 4. The number of rotatable bonds is 29. The number of fused-ring (bicyclic) bond motifs is 2. The van der Waals surface area contributed by atoms with Crippen molar-refractivity contribution in [3.8, 4) is 0 Å². The lowest BCUT2D eigenvalue weighted by molar-refractivity contribution is -0.307. The van der Waals surface area contributed by atoms with Gasteiger partial charge < -0.3 is 125 Å².